The highest BCUT2D eigenvalue weighted by Crippen LogP contribution is 2.12. The van der Waals surface area contributed by atoms with Crippen LogP contribution in [0.25, 0.3) is 0 Å². The van der Waals surface area contributed by atoms with Crippen molar-refractivity contribution in [2.45, 2.75) is 46.7 Å². The molecule has 4 heteroatoms. The molecule has 0 aliphatic carbocycles. The monoisotopic (exact) mass is 220 g/mol. The van der Waals surface area contributed by atoms with E-state index >= 15 is 0 Å². The fraction of sp³-hybridized carbons (Fsp3) is 1.00. The first-order chi connectivity index (χ1) is 6.86. The van der Waals surface area contributed by atoms with Gasteiger partial charge in [-0.05, 0) is 13.3 Å². The van der Waals surface area contributed by atoms with Gasteiger partial charge in [0.2, 0.25) is 0 Å². The molecule has 1 aliphatic heterocycles. The van der Waals surface area contributed by atoms with E-state index in [-0.39, 0.29) is 13.5 Å². The summed E-state index contributed by atoms with van der Waals surface area (Å²) in [6.45, 7) is 6.14. The number of rotatable bonds is 7. The number of hydrogen-bond donors (Lipinski definition) is 0. The molecule has 0 radical (unpaired) electrons. The predicted molar refractivity (Wildman–Crippen MR) is 58.7 cm³/mol. The molecule has 92 valence electrons. The molecule has 0 bridgehead atoms. The Morgan fingerprint density at radius 1 is 1.33 bits per heavy atom. The Kier molecular flexibility index (Phi) is 9.00. The van der Waals surface area contributed by atoms with Crippen LogP contribution in [0.4, 0.5) is 0 Å². The molecule has 0 spiro atoms. The lowest BCUT2D eigenvalue weighted by atomic mass is 10.3. The number of unbranched alkanes of at least 4 members (excludes halogenated alkanes) is 1. The molecule has 1 fully saturated rings. The fourth-order valence-corrected chi connectivity index (χ4v) is 1.19. The van der Waals surface area contributed by atoms with Crippen LogP contribution in [0.3, 0.4) is 0 Å². The highest BCUT2D eigenvalue weighted by Gasteiger charge is 2.26. The summed E-state index contributed by atoms with van der Waals surface area (Å²) in [5.41, 5.74) is 0. The van der Waals surface area contributed by atoms with Crippen LogP contribution in [0.2, 0.25) is 0 Å². The highest BCUT2D eigenvalue weighted by molar-refractivity contribution is 4.60. The molecule has 2 unspecified atom stereocenters. The molecular formula is C11H24O4. The van der Waals surface area contributed by atoms with Gasteiger partial charge < -0.3 is 18.9 Å². The van der Waals surface area contributed by atoms with Gasteiger partial charge in [-0.3, -0.25) is 0 Å². The second kappa shape index (κ2) is 9.09. The Morgan fingerprint density at radius 2 is 2.13 bits per heavy atom. The molecule has 0 N–H and O–H groups in total. The third-order valence-electron chi connectivity index (χ3n) is 1.97. The summed E-state index contributed by atoms with van der Waals surface area (Å²) >= 11 is 0. The van der Waals surface area contributed by atoms with Crippen molar-refractivity contribution in [3.63, 3.8) is 0 Å². The van der Waals surface area contributed by atoms with Crippen molar-refractivity contribution in [3.05, 3.63) is 0 Å². The van der Waals surface area contributed by atoms with E-state index in [1.165, 1.54) is 0 Å². The lowest BCUT2D eigenvalue weighted by Gasteiger charge is -2.10. The number of hydrogen-bond acceptors (Lipinski definition) is 4. The molecule has 0 saturated carbocycles. The summed E-state index contributed by atoms with van der Waals surface area (Å²) in [6.07, 6.45) is 2.29. The summed E-state index contributed by atoms with van der Waals surface area (Å²) < 4.78 is 21.2. The molecule has 1 aliphatic rings. The predicted octanol–water partition coefficient (Wildman–Crippen LogP) is 2.17. The molecule has 0 aromatic rings. The molecule has 1 rings (SSSR count). The molecule has 0 amide bonds. The van der Waals surface area contributed by atoms with E-state index in [1.54, 1.807) is 0 Å². The van der Waals surface area contributed by atoms with Crippen LogP contribution in [0.15, 0.2) is 0 Å². The molecule has 2 atom stereocenters. The third-order valence-corrected chi connectivity index (χ3v) is 1.97. The van der Waals surface area contributed by atoms with Gasteiger partial charge in [0.1, 0.15) is 6.10 Å². The van der Waals surface area contributed by atoms with Crippen LogP contribution < -0.4 is 0 Å². The minimum atomic E-state index is -0.486. The zero-order chi connectivity index (χ0) is 10.2. The van der Waals surface area contributed by atoms with E-state index in [0.29, 0.717) is 19.8 Å². The summed E-state index contributed by atoms with van der Waals surface area (Å²) in [5, 5.41) is 0. The molecule has 0 aromatic carbocycles. The van der Waals surface area contributed by atoms with Gasteiger partial charge in [0, 0.05) is 13.2 Å². The summed E-state index contributed by atoms with van der Waals surface area (Å²) in [6, 6.07) is 0. The minimum absolute atomic E-state index is 0. The van der Waals surface area contributed by atoms with E-state index in [4.69, 9.17) is 18.9 Å². The molecule has 0 aromatic heterocycles. The summed E-state index contributed by atoms with van der Waals surface area (Å²) in [5.74, 6) is 0. The van der Waals surface area contributed by atoms with Crippen molar-refractivity contribution in [2.75, 3.05) is 26.4 Å². The molecule has 15 heavy (non-hydrogen) atoms. The van der Waals surface area contributed by atoms with Crippen molar-refractivity contribution in [3.8, 4) is 0 Å². The second-order valence-corrected chi connectivity index (χ2v) is 3.26. The first-order valence-electron chi connectivity index (χ1n) is 5.33. The number of ether oxygens (including phenoxy) is 4. The Morgan fingerprint density at radius 3 is 2.80 bits per heavy atom. The van der Waals surface area contributed by atoms with Gasteiger partial charge in [-0.1, -0.05) is 20.8 Å². The zero-order valence-electron chi connectivity index (χ0n) is 9.03. The first kappa shape index (κ1) is 14.8. The van der Waals surface area contributed by atoms with Gasteiger partial charge in [-0.15, -0.1) is 0 Å². The molecular weight excluding hydrogens is 196 g/mol. The average Bonchev–Trinajstić information content (AvgIpc) is 2.61. The van der Waals surface area contributed by atoms with E-state index in [0.717, 1.165) is 19.4 Å². The third kappa shape index (κ3) is 6.10. The van der Waals surface area contributed by atoms with Crippen molar-refractivity contribution in [1.29, 1.82) is 0 Å². The van der Waals surface area contributed by atoms with E-state index in [1.807, 2.05) is 6.92 Å². The maximum Gasteiger partial charge on any atom is 0.272 e. The lowest BCUT2D eigenvalue weighted by molar-refractivity contribution is -0.237. The van der Waals surface area contributed by atoms with E-state index < -0.39 is 6.48 Å². The smallest absolute Gasteiger partial charge is 0.272 e. The molecule has 4 nitrogen and oxygen atoms in total. The Labute approximate surface area is 92.8 Å². The SMILES string of the molecule is C.CCCCOCC1COC(OCC)O1. The van der Waals surface area contributed by atoms with Crippen LogP contribution in [0.5, 0.6) is 0 Å². The average molecular weight is 220 g/mol. The van der Waals surface area contributed by atoms with Gasteiger partial charge in [0.25, 0.3) is 6.48 Å². The Hall–Kier alpha value is -0.160. The van der Waals surface area contributed by atoms with Crippen LogP contribution in [-0.2, 0) is 18.9 Å². The minimum Gasteiger partial charge on any atom is -0.379 e. The fourth-order valence-electron chi connectivity index (χ4n) is 1.19. The van der Waals surface area contributed by atoms with E-state index in [2.05, 4.69) is 6.92 Å². The van der Waals surface area contributed by atoms with Crippen molar-refractivity contribution >= 4 is 0 Å². The van der Waals surface area contributed by atoms with Crippen LogP contribution in [0, 0.1) is 0 Å². The maximum absolute atomic E-state index is 5.42. The summed E-state index contributed by atoms with van der Waals surface area (Å²) in [4.78, 5) is 0. The Balaban J connectivity index is 0.00000196. The van der Waals surface area contributed by atoms with Crippen molar-refractivity contribution in [2.24, 2.45) is 0 Å². The lowest BCUT2D eigenvalue weighted by Crippen LogP contribution is -2.20. The second-order valence-electron chi connectivity index (χ2n) is 3.26. The standard InChI is InChI=1S/C10H20O4.CH4/c1-3-5-6-11-7-9-8-13-10(14-9)12-4-2;/h9-10H,3-8H2,1-2H3;1H4. The normalized spacial score (nSPS) is 25.2. The van der Waals surface area contributed by atoms with E-state index in [9.17, 15) is 0 Å². The molecule has 1 saturated heterocycles. The van der Waals surface area contributed by atoms with Crippen LogP contribution >= 0.6 is 0 Å². The highest BCUT2D eigenvalue weighted by atomic mass is 16.9. The van der Waals surface area contributed by atoms with Gasteiger partial charge >= 0.3 is 0 Å². The molecule has 1 heterocycles. The van der Waals surface area contributed by atoms with Gasteiger partial charge in [0.05, 0.1) is 13.2 Å². The van der Waals surface area contributed by atoms with Gasteiger partial charge in [0.15, 0.2) is 0 Å². The first-order valence-corrected chi connectivity index (χ1v) is 5.33. The largest absolute Gasteiger partial charge is 0.379 e. The van der Waals surface area contributed by atoms with Gasteiger partial charge in [-0.2, -0.15) is 0 Å². The quantitative estimate of drug-likeness (QED) is 0.616. The van der Waals surface area contributed by atoms with Gasteiger partial charge in [-0.25, -0.2) is 0 Å². The Bertz CT molecular complexity index is 141. The topological polar surface area (TPSA) is 36.9 Å². The van der Waals surface area contributed by atoms with Crippen LogP contribution in [-0.4, -0.2) is 39.0 Å². The zero-order valence-corrected chi connectivity index (χ0v) is 9.03. The maximum atomic E-state index is 5.42. The van der Waals surface area contributed by atoms with Crippen LogP contribution in [0.1, 0.15) is 34.1 Å². The summed E-state index contributed by atoms with van der Waals surface area (Å²) in [7, 11) is 0. The van der Waals surface area contributed by atoms with Crippen molar-refractivity contribution < 1.29 is 18.9 Å². The van der Waals surface area contributed by atoms with Crippen molar-refractivity contribution in [1.82, 2.24) is 0 Å².